The summed E-state index contributed by atoms with van der Waals surface area (Å²) in [4.78, 5) is 18.8. The predicted molar refractivity (Wildman–Crippen MR) is 149 cm³/mol. The van der Waals surface area contributed by atoms with Crippen molar-refractivity contribution in [1.82, 2.24) is 14.9 Å². The van der Waals surface area contributed by atoms with Gasteiger partial charge in [-0.1, -0.05) is 34.1 Å². The molecule has 5 rings (SSSR count). The molecule has 6 nitrogen and oxygen atoms in total. The molecule has 1 aliphatic rings. The maximum absolute atomic E-state index is 12.0. The molecular formula is C28H25BrN4O2S. The van der Waals surface area contributed by atoms with Crippen LogP contribution >= 0.6 is 28.1 Å². The lowest BCUT2D eigenvalue weighted by Crippen LogP contribution is -2.29. The monoisotopic (exact) mass is 560 g/mol. The van der Waals surface area contributed by atoms with E-state index in [1.807, 2.05) is 54.8 Å². The van der Waals surface area contributed by atoms with Crippen molar-refractivity contribution in [2.45, 2.75) is 32.9 Å². The van der Waals surface area contributed by atoms with Gasteiger partial charge < -0.3 is 19.9 Å². The van der Waals surface area contributed by atoms with E-state index in [1.165, 1.54) is 0 Å². The summed E-state index contributed by atoms with van der Waals surface area (Å²) >= 11 is 9.48. The third-order valence-electron chi connectivity index (χ3n) is 6.68. The van der Waals surface area contributed by atoms with Crippen molar-refractivity contribution in [3.05, 3.63) is 111 Å². The third-order valence-corrected chi connectivity index (χ3v) is 7.89. The number of nitrogens with one attached hydrogen (secondary N) is 1. The summed E-state index contributed by atoms with van der Waals surface area (Å²) < 4.78 is 3.05. The lowest BCUT2D eigenvalue weighted by Gasteiger charge is -2.28. The van der Waals surface area contributed by atoms with Crippen LogP contribution in [-0.2, 0) is 0 Å². The number of hydrogen-bond acceptors (Lipinski definition) is 3. The molecule has 1 saturated heterocycles. The zero-order chi connectivity index (χ0) is 25.6. The number of nitrogens with zero attached hydrogens (tertiary/aromatic N) is 3. The average Bonchev–Trinajstić information content (AvgIpc) is 3.36. The van der Waals surface area contributed by atoms with E-state index in [-0.39, 0.29) is 17.6 Å². The molecule has 0 aliphatic carbocycles. The van der Waals surface area contributed by atoms with Crippen molar-refractivity contribution in [1.29, 1.82) is 0 Å². The number of carbonyl (C=O) groups is 1. The molecule has 36 heavy (non-hydrogen) atoms. The minimum absolute atomic E-state index is 0.189. The highest BCUT2D eigenvalue weighted by atomic mass is 79.9. The summed E-state index contributed by atoms with van der Waals surface area (Å²) in [5.41, 5.74) is 6.82. The minimum atomic E-state index is -0.957. The summed E-state index contributed by atoms with van der Waals surface area (Å²) in [6, 6.07) is 20.9. The fraction of sp³-hybridized carbons (Fsp3) is 0.179. The molecular weight excluding hydrogens is 536 g/mol. The van der Waals surface area contributed by atoms with Crippen LogP contribution in [0.25, 0.3) is 5.69 Å². The number of pyridine rings is 1. The Morgan fingerprint density at radius 3 is 2.50 bits per heavy atom. The van der Waals surface area contributed by atoms with Gasteiger partial charge in [-0.2, -0.15) is 0 Å². The quantitative estimate of drug-likeness (QED) is 0.274. The highest BCUT2D eigenvalue weighted by Crippen LogP contribution is 2.44. The van der Waals surface area contributed by atoms with Crippen molar-refractivity contribution in [2.24, 2.45) is 0 Å². The summed E-state index contributed by atoms with van der Waals surface area (Å²) in [5.74, 6) is -0.957. The van der Waals surface area contributed by atoms with Gasteiger partial charge in [-0.05, 0) is 92.6 Å². The standard InChI is InChI=1S/C28H25BrN4O2S/c1-16-14-19(11-12-22(16)29)33-26(25(31-28(33)36)23-9-6-7-13-30-23)21-15-17(2)32(18(21)3)24-10-5-4-8-20(24)27(34)35/h4-15,25-26H,1-3H3,(H,31,36)(H,34,35)/t25-,26-/m0/s1. The molecule has 182 valence electrons. The van der Waals surface area contributed by atoms with Gasteiger partial charge in [-0.25, -0.2) is 4.79 Å². The molecule has 0 amide bonds. The number of thiocarbonyl (C=S) groups is 1. The maximum Gasteiger partial charge on any atom is 0.337 e. The molecule has 2 N–H and O–H groups in total. The highest BCUT2D eigenvalue weighted by Gasteiger charge is 2.42. The first-order valence-corrected chi connectivity index (χ1v) is 12.8. The Bertz CT molecular complexity index is 1480. The number of rotatable bonds is 5. The number of aromatic carboxylic acids is 1. The molecule has 0 unspecified atom stereocenters. The smallest absolute Gasteiger partial charge is 0.337 e. The van der Waals surface area contributed by atoms with E-state index in [0.29, 0.717) is 10.8 Å². The van der Waals surface area contributed by atoms with Crippen molar-refractivity contribution < 1.29 is 9.90 Å². The maximum atomic E-state index is 12.0. The van der Waals surface area contributed by atoms with Crippen molar-refractivity contribution >= 4 is 44.9 Å². The molecule has 1 aliphatic heterocycles. The van der Waals surface area contributed by atoms with E-state index in [9.17, 15) is 9.90 Å². The van der Waals surface area contributed by atoms with Crippen molar-refractivity contribution in [3.63, 3.8) is 0 Å². The molecule has 2 aromatic heterocycles. The van der Waals surface area contributed by atoms with Crippen LogP contribution in [0, 0.1) is 20.8 Å². The van der Waals surface area contributed by atoms with Gasteiger partial charge in [0.1, 0.15) is 0 Å². The number of benzene rings is 2. The van der Waals surface area contributed by atoms with E-state index >= 15 is 0 Å². The van der Waals surface area contributed by atoms with Crippen LogP contribution in [0.15, 0.2) is 77.4 Å². The minimum Gasteiger partial charge on any atom is -0.478 e. The van der Waals surface area contributed by atoms with Crippen molar-refractivity contribution in [3.8, 4) is 5.69 Å². The lowest BCUT2D eigenvalue weighted by atomic mass is 9.96. The molecule has 8 heteroatoms. The third kappa shape index (κ3) is 4.10. The van der Waals surface area contributed by atoms with Gasteiger partial charge >= 0.3 is 5.97 Å². The first-order valence-electron chi connectivity index (χ1n) is 11.6. The van der Waals surface area contributed by atoms with Gasteiger partial charge in [-0.3, -0.25) is 4.98 Å². The topological polar surface area (TPSA) is 70.4 Å². The van der Waals surface area contributed by atoms with E-state index in [0.717, 1.165) is 38.4 Å². The molecule has 2 atom stereocenters. The molecule has 3 heterocycles. The average molecular weight is 562 g/mol. The van der Waals surface area contributed by atoms with Crippen molar-refractivity contribution in [2.75, 3.05) is 4.90 Å². The SMILES string of the molecule is Cc1cc(N2C(=S)N[C@@H](c3ccccn3)[C@@H]2c2cc(C)n(-c3ccccc3C(=O)O)c2C)ccc1Br. The number of hydrogen-bond donors (Lipinski definition) is 2. The zero-order valence-electron chi connectivity index (χ0n) is 20.1. The Hall–Kier alpha value is -3.49. The van der Waals surface area contributed by atoms with Gasteiger partial charge in [0.05, 0.1) is 29.0 Å². The predicted octanol–water partition coefficient (Wildman–Crippen LogP) is 6.44. The summed E-state index contributed by atoms with van der Waals surface area (Å²) in [6.45, 7) is 6.09. The number of aromatic nitrogens is 2. The Balaban J connectivity index is 1.71. The second-order valence-corrected chi connectivity index (χ2v) is 10.2. The molecule has 0 radical (unpaired) electrons. The Kier molecular flexibility index (Phi) is 6.40. The van der Waals surface area contributed by atoms with Gasteiger partial charge in [0.15, 0.2) is 5.11 Å². The molecule has 0 bridgehead atoms. The molecule has 1 fully saturated rings. The lowest BCUT2D eigenvalue weighted by molar-refractivity contribution is 0.0697. The summed E-state index contributed by atoms with van der Waals surface area (Å²) in [5, 5.41) is 14.0. The van der Waals surface area contributed by atoms with Gasteiger partial charge in [-0.15, -0.1) is 0 Å². The van der Waals surface area contributed by atoms with Crippen LogP contribution in [0.5, 0.6) is 0 Å². The highest BCUT2D eigenvalue weighted by molar-refractivity contribution is 9.10. The van der Waals surface area contributed by atoms with Crippen LogP contribution < -0.4 is 10.2 Å². The first-order chi connectivity index (χ1) is 17.3. The van der Waals surface area contributed by atoms with Gasteiger partial charge in [0, 0.05) is 27.7 Å². The normalized spacial score (nSPS) is 17.3. The molecule has 4 aromatic rings. The van der Waals surface area contributed by atoms with E-state index in [4.69, 9.17) is 12.2 Å². The van der Waals surface area contributed by atoms with Gasteiger partial charge in [0.2, 0.25) is 0 Å². The second kappa shape index (κ2) is 9.52. The second-order valence-electron chi connectivity index (χ2n) is 8.91. The summed E-state index contributed by atoms with van der Waals surface area (Å²) in [6.07, 6.45) is 1.79. The molecule has 0 spiro atoms. The molecule has 2 aromatic carbocycles. The first kappa shape index (κ1) is 24.2. The number of carboxylic acid groups (broad SMARTS) is 1. The van der Waals surface area contributed by atoms with E-state index in [2.05, 4.69) is 56.3 Å². The fourth-order valence-corrected chi connectivity index (χ4v) is 5.63. The number of para-hydroxylation sites is 1. The molecule has 0 saturated carbocycles. The Morgan fingerprint density at radius 2 is 1.81 bits per heavy atom. The number of aryl methyl sites for hydroxylation is 2. The Morgan fingerprint density at radius 1 is 1.06 bits per heavy atom. The van der Waals surface area contributed by atoms with Crippen LogP contribution in [0.1, 0.15) is 50.7 Å². The van der Waals surface area contributed by atoms with Crippen LogP contribution in [-0.4, -0.2) is 25.7 Å². The fourth-order valence-electron chi connectivity index (χ4n) is 5.03. The zero-order valence-corrected chi connectivity index (χ0v) is 22.5. The van der Waals surface area contributed by atoms with Gasteiger partial charge in [0.25, 0.3) is 0 Å². The number of carboxylic acids is 1. The van der Waals surface area contributed by atoms with Crippen LogP contribution in [0.4, 0.5) is 5.69 Å². The van der Waals surface area contributed by atoms with Crippen LogP contribution in [0.2, 0.25) is 0 Å². The van der Waals surface area contributed by atoms with Crippen LogP contribution in [0.3, 0.4) is 0 Å². The summed E-state index contributed by atoms with van der Waals surface area (Å²) in [7, 11) is 0. The number of anilines is 1. The van der Waals surface area contributed by atoms with E-state index < -0.39 is 5.97 Å². The number of halogens is 1. The van der Waals surface area contributed by atoms with E-state index in [1.54, 1.807) is 18.3 Å². The Labute approximate surface area is 223 Å². The largest absolute Gasteiger partial charge is 0.478 e.